The zero-order valence-corrected chi connectivity index (χ0v) is 15.0. The van der Waals surface area contributed by atoms with E-state index in [9.17, 15) is 4.79 Å². The molecule has 9 nitrogen and oxygen atoms in total. The Morgan fingerprint density at radius 1 is 1.11 bits per heavy atom. The van der Waals surface area contributed by atoms with E-state index in [2.05, 4.69) is 20.5 Å². The molecule has 0 amide bonds. The van der Waals surface area contributed by atoms with Crippen LogP contribution >= 0.6 is 11.6 Å². The third-order valence-electron chi connectivity index (χ3n) is 3.83. The van der Waals surface area contributed by atoms with Crippen molar-refractivity contribution in [2.75, 3.05) is 0 Å². The van der Waals surface area contributed by atoms with Gasteiger partial charge in [0.15, 0.2) is 0 Å². The van der Waals surface area contributed by atoms with Crippen LogP contribution in [0.1, 0.15) is 5.69 Å². The summed E-state index contributed by atoms with van der Waals surface area (Å²) in [6.45, 7) is 0.122. The fourth-order valence-corrected chi connectivity index (χ4v) is 2.59. The SMILES string of the molecule is Cn1nnn(-c2cccnc2COc2ccn(-c3ccc(Cl)cc3)n2)c1=O. The number of halogens is 1. The van der Waals surface area contributed by atoms with E-state index in [1.807, 2.05) is 12.1 Å². The van der Waals surface area contributed by atoms with Gasteiger partial charge in [0.25, 0.3) is 0 Å². The summed E-state index contributed by atoms with van der Waals surface area (Å²) in [5, 5.41) is 12.6. The van der Waals surface area contributed by atoms with Crippen LogP contribution in [0.25, 0.3) is 11.4 Å². The Morgan fingerprint density at radius 3 is 2.67 bits per heavy atom. The summed E-state index contributed by atoms with van der Waals surface area (Å²) in [7, 11) is 1.53. The third-order valence-corrected chi connectivity index (χ3v) is 4.08. The van der Waals surface area contributed by atoms with Gasteiger partial charge in [0.1, 0.15) is 12.3 Å². The van der Waals surface area contributed by atoms with Gasteiger partial charge in [0.2, 0.25) is 5.88 Å². The average Bonchev–Trinajstić information content (AvgIpc) is 3.28. The quantitative estimate of drug-likeness (QED) is 0.521. The van der Waals surface area contributed by atoms with Crippen LogP contribution in [-0.2, 0) is 13.7 Å². The van der Waals surface area contributed by atoms with Gasteiger partial charge >= 0.3 is 5.69 Å². The van der Waals surface area contributed by atoms with Crippen LogP contribution in [0.4, 0.5) is 0 Å². The number of hydrogen-bond acceptors (Lipinski definition) is 6. The highest BCUT2D eigenvalue weighted by Crippen LogP contribution is 2.17. The maximum Gasteiger partial charge on any atom is 0.368 e. The summed E-state index contributed by atoms with van der Waals surface area (Å²) < 4.78 is 9.74. The number of ether oxygens (including phenoxy) is 1. The molecule has 0 unspecified atom stereocenters. The van der Waals surface area contributed by atoms with E-state index < -0.39 is 0 Å². The van der Waals surface area contributed by atoms with Gasteiger partial charge in [-0.15, -0.1) is 5.10 Å². The Kier molecular flexibility index (Phi) is 4.43. The lowest BCUT2D eigenvalue weighted by atomic mass is 10.3. The molecule has 0 radical (unpaired) electrons. The summed E-state index contributed by atoms with van der Waals surface area (Å²) in [6, 6.07) is 12.5. The molecule has 10 heteroatoms. The van der Waals surface area contributed by atoms with Crippen molar-refractivity contribution in [2.24, 2.45) is 7.05 Å². The van der Waals surface area contributed by atoms with Crippen molar-refractivity contribution in [1.82, 2.24) is 34.6 Å². The van der Waals surface area contributed by atoms with Crippen LogP contribution < -0.4 is 10.4 Å². The van der Waals surface area contributed by atoms with E-state index in [1.54, 1.807) is 47.4 Å². The highest BCUT2D eigenvalue weighted by molar-refractivity contribution is 6.30. The lowest BCUT2D eigenvalue weighted by Gasteiger charge is -2.07. The number of pyridine rings is 1. The zero-order chi connectivity index (χ0) is 18.8. The molecular formula is C17H14ClN7O2. The number of rotatable bonds is 5. The minimum atomic E-state index is -0.365. The molecule has 0 saturated carbocycles. The minimum Gasteiger partial charge on any atom is -0.470 e. The standard InChI is InChI=1S/C17H14ClN7O2/c1-23-17(26)25(22-21-23)15-3-2-9-19-14(15)11-27-16-8-10-24(20-16)13-6-4-12(18)5-7-13/h2-10H,11H2,1H3. The van der Waals surface area contributed by atoms with E-state index in [-0.39, 0.29) is 12.3 Å². The molecule has 3 heterocycles. The Bertz CT molecular complexity index is 1130. The molecule has 4 rings (SSSR count). The summed E-state index contributed by atoms with van der Waals surface area (Å²) in [4.78, 5) is 16.4. The van der Waals surface area contributed by atoms with Crippen LogP contribution in [0.5, 0.6) is 5.88 Å². The molecule has 0 bridgehead atoms. The molecule has 0 aliphatic heterocycles. The molecule has 0 atom stereocenters. The molecule has 4 aromatic rings. The lowest BCUT2D eigenvalue weighted by Crippen LogP contribution is -2.23. The first kappa shape index (κ1) is 17.0. The summed E-state index contributed by atoms with van der Waals surface area (Å²) in [5.74, 6) is 0.424. The van der Waals surface area contributed by atoms with E-state index in [1.165, 1.54) is 11.7 Å². The third kappa shape index (κ3) is 3.44. The molecule has 0 aliphatic carbocycles. The maximum atomic E-state index is 12.1. The largest absolute Gasteiger partial charge is 0.470 e. The first-order valence-electron chi connectivity index (χ1n) is 7.99. The number of hydrogen-bond donors (Lipinski definition) is 0. The van der Waals surface area contributed by atoms with E-state index >= 15 is 0 Å². The second-order valence-electron chi connectivity index (χ2n) is 5.63. The predicted molar refractivity (Wildman–Crippen MR) is 97.3 cm³/mol. The van der Waals surface area contributed by atoms with Crippen molar-refractivity contribution in [3.05, 3.63) is 76.1 Å². The average molecular weight is 384 g/mol. The molecule has 3 aromatic heterocycles. The van der Waals surface area contributed by atoms with Gasteiger partial charge < -0.3 is 4.74 Å². The highest BCUT2D eigenvalue weighted by atomic mass is 35.5. The summed E-state index contributed by atoms with van der Waals surface area (Å²) in [5.41, 5.74) is 1.55. The zero-order valence-electron chi connectivity index (χ0n) is 14.2. The van der Waals surface area contributed by atoms with Crippen molar-refractivity contribution in [3.8, 4) is 17.3 Å². The molecular weight excluding hydrogens is 370 g/mol. The van der Waals surface area contributed by atoms with Crippen LogP contribution in [0, 0.1) is 0 Å². The first-order chi connectivity index (χ1) is 13.1. The molecule has 0 aliphatic rings. The van der Waals surface area contributed by atoms with E-state index in [0.29, 0.717) is 22.3 Å². The molecule has 1 aromatic carbocycles. The number of aromatic nitrogens is 7. The fourth-order valence-electron chi connectivity index (χ4n) is 2.46. The predicted octanol–water partition coefficient (Wildman–Crippen LogP) is 1.78. The van der Waals surface area contributed by atoms with Gasteiger partial charge in [-0.3, -0.25) is 4.98 Å². The molecule has 0 saturated heterocycles. The van der Waals surface area contributed by atoms with Crippen molar-refractivity contribution in [3.63, 3.8) is 0 Å². The van der Waals surface area contributed by atoms with Gasteiger partial charge in [-0.25, -0.2) is 9.48 Å². The van der Waals surface area contributed by atoms with Crippen LogP contribution in [0.2, 0.25) is 5.02 Å². The second kappa shape index (κ2) is 7.04. The van der Waals surface area contributed by atoms with Crippen LogP contribution in [0.3, 0.4) is 0 Å². The maximum absolute atomic E-state index is 12.1. The van der Waals surface area contributed by atoms with Crippen molar-refractivity contribution >= 4 is 11.6 Å². The Labute approximate surface area is 158 Å². The number of benzene rings is 1. The topological polar surface area (TPSA) is 92.7 Å². The smallest absolute Gasteiger partial charge is 0.368 e. The Hall–Kier alpha value is -3.46. The van der Waals surface area contributed by atoms with E-state index in [4.69, 9.17) is 16.3 Å². The number of tetrazole rings is 1. The molecule has 0 fully saturated rings. The summed E-state index contributed by atoms with van der Waals surface area (Å²) in [6.07, 6.45) is 3.40. The van der Waals surface area contributed by atoms with Crippen LogP contribution in [-0.4, -0.2) is 34.6 Å². The van der Waals surface area contributed by atoms with E-state index in [0.717, 1.165) is 10.4 Å². The lowest BCUT2D eigenvalue weighted by molar-refractivity contribution is 0.286. The number of nitrogens with zero attached hydrogens (tertiary/aromatic N) is 7. The molecule has 0 N–H and O–H groups in total. The van der Waals surface area contributed by atoms with Gasteiger partial charge in [-0.2, -0.15) is 9.36 Å². The van der Waals surface area contributed by atoms with Gasteiger partial charge in [-0.05, 0) is 46.8 Å². The van der Waals surface area contributed by atoms with Crippen LogP contribution in [0.15, 0.2) is 59.7 Å². The van der Waals surface area contributed by atoms with Crippen molar-refractivity contribution < 1.29 is 4.74 Å². The summed E-state index contributed by atoms with van der Waals surface area (Å²) >= 11 is 5.90. The normalized spacial score (nSPS) is 10.9. The molecule has 136 valence electrons. The van der Waals surface area contributed by atoms with Crippen molar-refractivity contribution in [1.29, 1.82) is 0 Å². The first-order valence-corrected chi connectivity index (χ1v) is 8.37. The Balaban J connectivity index is 1.54. The monoisotopic (exact) mass is 383 g/mol. The van der Waals surface area contributed by atoms with Gasteiger partial charge in [0, 0.05) is 30.5 Å². The molecule has 0 spiro atoms. The fraction of sp³-hybridized carbons (Fsp3) is 0.118. The minimum absolute atomic E-state index is 0.122. The van der Waals surface area contributed by atoms with Gasteiger partial charge in [-0.1, -0.05) is 11.6 Å². The Morgan fingerprint density at radius 2 is 1.93 bits per heavy atom. The van der Waals surface area contributed by atoms with Crippen molar-refractivity contribution in [2.45, 2.75) is 6.61 Å². The van der Waals surface area contributed by atoms with Gasteiger partial charge in [0.05, 0.1) is 11.4 Å². The molecule has 27 heavy (non-hydrogen) atoms. The number of aryl methyl sites for hydroxylation is 1. The highest BCUT2D eigenvalue weighted by Gasteiger charge is 2.13. The second-order valence-corrected chi connectivity index (χ2v) is 6.07.